The Balaban J connectivity index is 2.14. The topological polar surface area (TPSA) is 79.5 Å². The lowest BCUT2D eigenvalue weighted by atomic mass is 10.0. The summed E-state index contributed by atoms with van der Waals surface area (Å²) in [7, 11) is 4.03. The lowest BCUT2D eigenvalue weighted by molar-refractivity contribution is 0.0629. The Morgan fingerprint density at radius 3 is 2.90 bits per heavy atom. The molecule has 1 atom stereocenters. The number of primary amides is 1. The summed E-state index contributed by atoms with van der Waals surface area (Å²) in [5.74, 6) is -0.836. The second-order valence-electron chi connectivity index (χ2n) is 5.20. The highest BCUT2D eigenvalue weighted by atomic mass is 16.2. The van der Waals surface area contributed by atoms with Crippen molar-refractivity contribution in [3.8, 4) is 0 Å². The van der Waals surface area contributed by atoms with Gasteiger partial charge in [-0.2, -0.15) is 0 Å². The average Bonchev–Trinajstić information content (AvgIpc) is 2.46. The van der Waals surface area contributed by atoms with Crippen molar-refractivity contribution in [2.24, 2.45) is 5.73 Å². The molecule has 6 heteroatoms. The summed E-state index contributed by atoms with van der Waals surface area (Å²) < 4.78 is 0. The number of piperidine rings is 1. The van der Waals surface area contributed by atoms with Crippen LogP contribution in [0.3, 0.4) is 0 Å². The van der Waals surface area contributed by atoms with Crippen LogP contribution in [-0.2, 0) is 0 Å². The van der Waals surface area contributed by atoms with Gasteiger partial charge in [0.1, 0.15) is 11.4 Å². The van der Waals surface area contributed by atoms with E-state index in [1.807, 2.05) is 14.1 Å². The minimum atomic E-state index is -0.676. The highest BCUT2D eigenvalue weighted by molar-refractivity contribution is 5.95. The standard InChI is InChI=1S/C14H19N4O2/c1-17(2)10-5-4-8-18(9-10)14(20)12-7-3-6-11(16-12)13(15)19/h3,7,10H,4-5,8-9H2,1-2H3,(H2,15,19). The van der Waals surface area contributed by atoms with Crippen molar-refractivity contribution in [3.63, 3.8) is 0 Å². The second-order valence-corrected chi connectivity index (χ2v) is 5.20. The minimum Gasteiger partial charge on any atom is -0.364 e. The van der Waals surface area contributed by atoms with Gasteiger partial charge in [0, 0.05) is 25.2 Å². The van der Waals surface area contributed by atoms with Gasteiger partial charge in [-0.3, -0.25) is 9.59 Å². The van der Waals surface area contributed by atoms with E-state index in [0.717, 1.165) is 19.4 Å². The first-order valence-electron chi connectivity index (χ1n) is 6.63. The van der Waals surface area contributed by atoms with Crippen LogP contribution in [0.25, 0.3) is 0 Å². The number of nitrogens with zero attached hydrogens (tertiary/aromatic N) is 3. The Morgan fingerprint density at radius 1 is 1.50 bits per heavy atom. The van der Waals surface area contributed by atoms with Gasteiger partial charge in [0.25, 0.3) is 11.8 Å². The van der Waals surface area contributed by atoms with E-state index in [4.69, 9.17) is 5.73 Å². The molecule has 1 unspecified atom stereocenters. The van der Waals surface area contributed by atoms with Gasteiger partial charge in [0.05, 0.1) is 0 Å². The maximum atomic E-state index is 12.4. The molecular formula is C14H19N4O2. The van der Waals surface area contributed by atoms with Crippen LogP contribution in [0.5, 0.6) is 0 Å². The van der Waals surface area contributed by atoms with Gasteiger partial charge < -0.3 is 15.5 Å². The molecule has 1 aromatic heterocycles. The Morgan fingerprint density at radius 2 is 2.25 bits per heavy atom. The smallest absolute Gasteiger partial charge is 0.272 e. The quantitative estimate of drug-likeness (QED) is 0.851. The number of carbonyl (C=O) groups excluding carboxylic acids is 2. The summed E-state index contributed by atoms with van der Waals surface area (Å²) in [6.45, 7) is 1.40. The summed E-state index contributed by atoms with van der Waals surface area (Å²) in [6, 6.07) is 6.06. The van der Waals surface area contributed by atoms with E-state index in [1.54, 1.807) is 11.0 Å². The lowest BCUT2D eigenvalue weighted by Gasteiger charge is -2.36. The predicted molar refractivity (Wildman–Crippen MR) is 74.2 cm³/mol. The molecule has 1 radical (unpaired) electrons. The van der Waals surface area contributed by atoms with Crippen LogP contribution in [0.15, 0.2) is 12.1 Å². The van der Waals surface area contributed by atoms with Gasteiger partial charge in [-0.15, -0.1) is 0 Å². The molecule has 2 amide bonds. The molecule has 1 aliphatic rings. The summed E-state index contributed by atoms with van der Waals surface area (Å²) in [4.78, 5) is 31.4. The summed E-state index contributed by atoms with van der Waals surface area (Å²) in [6.07, 6.45) is 2.05. The number of amides is 2. The fourth-order valence-electron chi connectivity index (χ4n) is 2.36. The number of likely N-dealkylation sites (tertiary alicyclic amines) is 1. The maximum absolute atomic E-state index is 12.4. The monoisotopic (exact) mass is 275 g/mol. The second kappa shape index (κ2) is 6.00. The van der Waals surface area contributed by atoms with Crippen molar-refractivity contribution in [2.75, 3.05) is 27.2 Å². The first-order chi connectivity index (χ1) is 9.49. The summed E-state index contributed by atoms with van der Waals surface area (Å²) >= 11 is 0. The Hall–Kier alpha value is -1.95. The minimum absolute atomic E-state index is 0.00276. The van der Waals surface area contributed by atoms with Crippen molar-refractivity contribution >= 4 is 11.8 Å². The number of rotatable bonds is 3. The Labute approximate surface area is 118 Å². The third-order valence-corrected chi connectivity index (χ3v) is 3.56. The number of hydrogen-bond donors (Lipinski definition) is 1. The predicted octanol–water partition coefficient (Wildman–Crippen LogP) is 0.147. The van der Waals surface area contributed by atoms with E-state index in [-0.39, 0.29) is 17.3 Å². The largest absolute Gasteiger partial charge is 0.364 e. The van der Waals surface area contributed by atoms with Crippen LogP contribution in [0.2, 0.25) is 0 Å². The molecular weight excluding hydrogens is 256 g/mol. The van der Waals surface area contributed by atoms with Crippen molar-refractivity contribution in [1.82, 2.24) is 14.8 Å². The fourth-order valence-corrected chi connectivity index (χ4v) is 2.36. The average molecular weight is 275 g/mol. The first kappa shape index (κ1) is 14.5. The number of hydrogen-bond acceptors (Lipinski definition) is 4. The molecule has 2 heterocycles. The molecule has 107 valence electrons. The molecule has 20 heavy (non-hydrogen) atoms. The number of nitrogens with two attached hydrogens (primary N) is 1. The number of aromatic nitrogens is 1. The van der Waals surface area contributed by atoms with E-state index in [1.165, 1.54) is 6.07 Å². The molecule has 2 rings (SSSR count). The first-order valence-corrected chi connectivity index (χ1v) is 6.63. The van der Waals surface area contributed by atoms with E-state index >= 15 is 0 Å². The number of pyridine rings is 1. The number of carbonyl (C=O) groups is 2. The Kier molecular flexibility index (Phi) is 4.34. The maximum Gasteiger partial charge on any atom is 0.272 e. The van der Waals surface area contributed by atoms with Gasteiger partial charge >= 0.3 is 0 Å². The van der Waals surface area contributed by atoms with Gasteiger partial charge in [-0.05, 0) is 39.1 Å². The highest BCUT2D eigenvalue weighted by Gasteiger charge is 2.26. The van der Waals surface area contributed by atoms with Crippen LogP contribution in [0, 0.1) is 6.07 Å². The molecule has 1 fully saturated rings. The van der Waals surface area contributed by atoms with E-state index < -0.39 is 5.91 Å². The summed E-state index contributed by atoms with van der Waals surface area (Å²) in [5.41, 5.74) is 5.40. The van der Waals surface area contributed by atoms with Gasteiger partial charge in [0.2, 0.25) is 0 Å². The van der Waals surface area contributed by atoms with E-state index in [0.29, 0.717) is 12.6 Å². The van der Waals surface area contributed by atoms with Crippen LogP contribution < -0.4 is 5.73 Å². The van der Waals surface area contributed by atoms with Gasteiger partial charge in [-0.1, -0.05) is 0 Å². The third-order valence-electron chi connectivity index (χ3n) is 3.56. The molecule has 6 nitrogen and oxygen atoms in total. The van der Waals surface area contributed by atoms with Crippen LogP contribution in [-0.4, -0.2) is 59.8 Å². The molecule has 0 saturated carbocycles. The van der Waals surface area contributed by atoms with E-state index in [2.05, 4.69) is 16.0 Å². The van der Waals surface area contributed by atoms with Crippen LogP contribution in [0.1, 0.15) is 33.8 Å². The normalized spacial score (nSPS) is 19.1. The van der Waals surface area contributed by atoms with Crippen LogP contribution in [0.4, 0.5) is 0 Å². The van der Waals surface area contributed by atoms with Gasteiger partial charge in [-0.25, -0.2) is 4.98 Å². The molecule has 1 aliphatic heterocycles. The highest BCUT2D eigenvalue weighted by Crippen LogP contribution is 2.16. The Bertz CT molecular complexity index is 516. The van der Waals surface area contributed by atoms with E-state index in [9.17, 15) is 9.59 Å². The zero-order chi connectivity index (χ0) is 14.7. The van der Waals surface area contributed by atoms with Crippen molar-refractivity contribution in [1.29, 1.82) is 0 Å². The molecule has 1 aromatic rings. The molecule has 0 aromatic carbocycles. The van der Waals surface area contributed by atoms with Crippen molar-refractivity contribution in [3.05, 3.63) is 29.6 Å². The third kappa shape index (κ3) is 3.14. The fraction of sp³-hybridized carbons (Fsp3) is 0.500. The molecule has 0 bridgehead atoms. The zero-order valence-corrected chi connectivity index (χ0v) is 11.8. The summed E-state index contributed by atoms with van der Waals surface area (Å²) in [5, 5.41) is 0. The molecule has 1 saturated heterocycles. The SMILES string of the molecule is CN(C)C1CCCN(C(=O)c2cc[c]c(C(N)=O)n2)C1. The molecule has 2 N–H and O–H groups in total. The van der Waals surface area contributed by atoms with Crippen molar-refractivity contribution in [2.45, 2.75) is 18.9 Å². The lowest BCUT2D eigenvalue weighted by Crippen LogP contribution is -2.47. The van der Waals surface area contributed by atoms with Gasteiger partial charge in [0.15, 0.2) is 0 Å². The van der Waals surface area contributed by atoms with Crippen molar-refractivity contribution < 1.29 is 9.59 Å². The molecule has 0 aliphatic carbocycles. The van der Waals surface area contributed by atoms with Crippen LogP contribution >= 0.6 is 0 Å². The zero-order valence-electron chi connectivity index (χ0n) is 11.8. The molecule has 0 spiro atoms. The number of likely N-dealkylation sites (N-methyl/N-ethyl adjacent to an activating group) is 1.